The Bertz CT molecular complexity index is 360. The van der Waals surface area contributed by atoms with Gasteiger partial charge in [0.15, 0.2) is 0 Å². The summed E-state index contributed by atoms with van der Waals surface area (Å²) in [5, 5.41) is 17.1. The van der Waals surface area contributed by atoms with Crippen LogP contribution in [-0.4, -0.2) is 71.2 Å². The first-order valence-corrected chi connectivity index (χ1v) is 8.29. The van der Waals surface area contributed by atoms with Crippen LogP contribution in [0.25, 0.3) is 0 Å². The molecule has 1 heterocycles. The highest BCUT2D eigenvalue weighted by atomic mass is 16.3. The second-order valence-electron chi connectivity index (χ2n) is 6.26. The zero-order valence-corrected chi connectivity index (χ0v) is 13.8. The van der Waals surface area contributed by atoms with Gasteiger partial charge in [0.2, 0.25) is 5.91 Å². The predicted molar refractivity (Wildman–Crippen MR) is 84.6 cm³/mol. The Balaban J connectivity index is 0.000000745. The summed E-state index contributed by atoms with van der Waals surface area (Å²) in [5.41, 5.74) is 0.0851. The van der Waals surface area contributed by atoms with Gasteiger partial charge >= 0.3 is 0 Å². The summed E-state index contributed by atoms with van der Waals surface area (Å²) in [6, 6.07) is 0. The van der Waals surface area contributed by atoms with Crippen LogP contribution in [0.2, 0.25) is 0 Å². The van der Waals surface area contributed by atoms with Gasteiger partial charge in [0.25, 0.3) is 6.47 Å². The first-order chi connectivity index (χ1) is 10.5. The van der Waals surface area contributed by atoms with Crippen LogP contribution in [-0.2, 0) is 9.59 Å². The molecule has 128 valence electrons. The Labute approximate surface area is 133 Å². The maximum atomic E-state index is 12.2. The van der Waals surface area contributed by atoms with E-state index < -0.39 is 0 Å². The lowest BCUT2D eigenvalue weighted by atomic mass is 9.77. The minimum atomic E-state index is -0.250. The van der Waals surface area contributed by atoms with Crippen LogP contribution in [0.4, 0.5) is 0 Å². The van der Waals surface area contributed by atoms with Crippen molar-refractivity contribution in [2.24, 2.45) is 5.41 Å². The fourth-order valence-corrected chi connectivity index (χ4v) is 3.86. The molecule has 2 atom stereocenters. The van der Waals surface area contributed by atoms with Crippen molar-refractivity contribution in [1.82, 2.24) is 9.80 Å². The predicted octanol–water partition coefficient (Wildman–Crippen LogP) is 1.18. The summed E-state index contributed by atoms with van der Waals surface area (Å²) in [6.45, 7) is 7.81. The number of rotatable bonds is 4. The van der Waals surface area contributed by atoms with Crippen molar-refractivity contribution in [3.05, 3.63) is 0 Å². The minimum Gasteiger partial charge on any atom is -0.483 e. The molecule has 1 aliphatic heterocycles. The van der Waals surface area contributed by atoms with Gasteiger partial charge in [-0.25, -0.2) is 0 Å². The number of aliphatic hydroxyl groups is 1. The van der Waals surface area contributed by atoms with Crippen LogP contribution in [0.3, 0.4) is 0 Å². The van der Waals surface area contributed by atoms with Crippen LogP contribution in [0.5, 0.6) is 0 Å². The maximum absolute atomic E-state index is 12.2. The lowest BCUT2D eigenvalue weighted by Crippen LogP contribution is -2.50. The Morgan fingerprint density at radius 3 is 2.41 bits per heavy atom. The number of carbonyl (C=O) groups is 2. The van der Waals surface area contributed by atoms with Crippen LogP contribution in [0, 0.1) is 5.41 Å². The van der Waals surface area contributed by atoms with Crippen molar-refractivity contribution in [2.75, 3.05) is 32.7 Å². The number of carbonyl (C=O) groups excluding carboxylic acids is 1. The molecule has 1 aliphatic carbocycles. The lowest BCUT2D eigenvalue weighted by molar-refractivity contribution is -0.133. The molecule has 1 spiro atoms. The summed E-state index contributed by atoms with van der Waals surface area (Å²) in [4.78, 5) is 24.7. The normalized spacial score (nSPS) is 28.0. The highest BCUT2D eigenvalue weighted by Gasteiger charge is 2.44. The van der Waals surface area contributed by atoms with E-state index in [2.05, 4.69) is 4.90 Å². The molecule has 2 N–H and O–H groups in total. The zero-order chi connectivity index (χ0) is 16.6. The summed E-state index contributed by atoms with van der Waals surface area (Å²) in [6.07, 6.45) is 5.30. The average Bonchev–Trinajstić information content (AvgIpc) is 2.82. The van der Waals surface area contributed by atoms with E-state index in [1.807, 2.05) is 18.7 Å². The molecule has 0 bridgehead atoms. The number of likely N-dealkylation sites (N-methyl/N-ethyl adjacent to an activating group) is 1. The van der Waals surface area contributed by atoms with Crippen LogP contribution in [0.15, 0.2) is 0 Å². The Morgan fingerprint density at radius 2 is 1.91 bits per heavy atom. The quantitative estimate of drug-likeness (QED) is 0.762. The van der Waals surface area contributed by atoms with Gasteiger partial charge in [0.05, 0.1) is 12.6 Å². The number of aliphatic hydroxyl groups excluding tert-OH is 1. The minimum absolute atomic E-state index is 0.0851. The van der Waals surface area contributed by atoms with Gasteiger partial charge in [-0.05, 0) is 46.1 Å². The molecule has 6 heteroatoms. The van der Waals surface area contributed by atoms with Crippen molar-refractivity contribution in [3.63, 3.8) is 0 Å². The molecule has 0 unspecified atom stereocenters. The molecule has 1 saturated heterocycles. The molecule has 1 amide bonds. The van der Waals surface area contributed by atoms with Gasteiger partial charge < -0.3 is 15.1 Å². The summed E-state index contributed by atoms with van der Waals surface area (Å²) in [5.74, 6) is 0.231. The fourth-order valence-electron chi connectivity index (χ4n) is 3.86. The summed E-state index contributed by atoms with van der Waals surface area (Å²) < 4.78 is 0. The molecule has 0 aromatic heterocycles. The van der Waals surface area contributed by atoms with E-state index in [1.54, 1.807) is 0 Å². The zero-order valence-electron chi connectivity index (χ0n) is 13.8. The number of carboxylic acid groups (broad SMARTS) is 1. The molecule has 0 aromatic carbocycles. The third-order valence-corrected chi connectivity index (χ3v) is 5.02. The Hall–Kier alpha value is -1.14. The molecular weight excluding hydrogens is 284 g/mol. The topological polar surface area (TPSA) is 81.1 Å². The van der Waals surface area contributed by atoms with Gasteiger partial charge in [-0.2, -0.15) is 0 Å². The van der Waals surface area contributed by atoms with E-state index in [4.69, 9.17) is 9.90 Å². The van der Waals surface area contributed by atoms with Crippen molar-refractivity contribution < 1.29 is 19.8 Å². The molecule has 6 nitrogen and oxygen atoms in total. The first-order valence-electron chi connectivity index (χ1n) is 8.29. The van der Waals surface area contributed by atoms with E-state index in [1.165, 1.54) is 0 Å². The van der Waals surface area contributed by atoms with E-state index in [-0.39, 0.29) is 23.9 Å². The maximum Gasteiger partial charge on any atom is 0.290 e. The van der Waals surface area contributed by atoms with Gasteiger partial charge in [-0.3, -0.25) is 14.5 Å². The highest BCUT2D eigenvalue weighted by molar-refractivity contribution is 5.78. The number of hydrogen-bond donors (Lipinski definition) is 2. The summed E-state index contributed by atoms with van der Waals surface area (Å²) in [7, 11) is 0. The molecule has 2 fully saturated rings. The molecule has 0 radical (unpaired) electrons. The molecule has 2 aliphatic rings. The van der Waals surface area contributed by atoms with Crippen molar-refractivity contribution in [2.45, 2.75) is 52.1 Å². The number of amides is 1. The fraction of sp³-hybridized carbons (Fsp3) is 0.875. The number of piperidine rings is 1. The molecule has 22 heavy (non-hydrogen) atoms. The lowest BCUT2D eigenvalue weighted by Gasteiger charge is -2.42. The monoisotopic (exact) mass is 314 g/mol. The molecule has 2 rings (SSSR count). The Kier molecular flexibility index (Phi) is 7.82. The van der Waals surface area contributed by atoms with E-state index >= 15 is 0 Å². The second-order valence-corrected chi connectivity index (χ2v) is 6.26. The number of likely N-dealkylation sites (tertiary alicyclic amines) is 1. The van der Waals surface area contributed by atoms with Crippen LogP contribution < -0.4 is 0 Å². The van der Waals surface area contributed by atoms with Crippen molar-refractivity contribution in [3.8, 4) is 0 Å². The van der Waals surface area contributed by atoms with Crippen molar-refractivity contribution >= 4 is 12.4 Å². The van der Waals surface area contributed by atoms with E-state index in [0.717, 1.165) is 58.3 Å². The van der Waals surface area contributed by atoms with Crippen molar-refractivity contribution in [1.29, 1.82) is 0 Å². The third-order valence-electron chi connectivity index (χ3n) is 5.02. The second kappa shape index (κ2) is 9.10. The highest BCUT2D eigenvalue weighted by Crippen LogP contribution is 2.44. The van der Waals surface area contributed by atoms with Gasteiger partial charge in [-0.1, -0.05) is 6.42 Å². The van der Waals surface area contributed by atoms with Crippen LogP contribution >= 0.6 is 0 Å². The molecule has 1 saturated carbocycles. The molecular formula is C16H30N2O4. The standard InChI is InChI=1S/C15H28N2O2.CH2O2/c1-3-17(4-2)14(19)11-16-10-6-9-15(12-16)8-5-7-13(15)18;2-1-3/h13,18H,3-12H2,1-2H3;1H,(H,2,3)/t13-,15+;/m1./s1. The van der Waals surface area contributed by atoms with Crippen LogP contribution in [0.1, 0.15) is 46.0 Å². The smallest absolute Gasteiger partial charge is 0.290 e. The first kappa shape index (κ1) is 18.9. The summed E-state index contributed by atoms with van der Waals surface area (Å²) >= 11 is 0. The van der Waals surface area contributed by atoms with E-state index in [0.29, 0.717) is 6.54 Å². The Morgan fingerprint density at radius 1 is 1.32 bits per heavy atom. The van der Waals surface area contributed by atoms with E-state index in [9.17, 15) is 9.90 Å². The van der Waals surface area contributed by atoms with Gasteiger partial charge in [-0.15, -0.1) is 0 Å². The van der Waals surface area contributed by atoms with Gasteiger partial charge in [0.1, 0.15) is 0 Å². The molecule has 0 aromatic rings. The third kappa shape index (κ3) is 4.68. The largest absolute Gasteiger partial charge is 0.483 e. The average molecular weight is 314 g/mol. The number of nitrogens with zero attached hydrogens (tertiary/aromatic N) is 2. The number of hydrogen-bond acceptors (Lipinski definition) is 4. The SMILES string of the molecule is CCN(CC)C(=O)CN1CCC[C@@]2(CCC[C@H]2O)C1.O=CO. The van der Waals surface area contributed by atoms with Gasteiger partial charge in [0, 0.05) is 25.0 Å².